The summed E-state index contributed by atoms with van der Waals surface area (Å²) < 4.78 is 255. The van der Waals surface area contributed by atoms with Crippen LogP contribution in [0, 0.1) is 11.8 Å². The van der Waals surface area contributed by atoms with Crippen molar-refractivity contribution >= 4 is 46.9 Å². The van der Waals surface area contributed by atoms with Gasteiger partial charge in [-0.3, -0.25) is 49.8 Å². The molecule has 10 N–H and O–H groups in total. The molecule has 7 atom stereocenters. The van der Waals surface area contributed by atoms with Crippen LogP contribution in [0.1, 0.15) is 0 Å². The number of nitrogens with one attached hydrogen (secondary N) is 2. The maximum absolute atomic E-state index is 12.4. The van der Waals surface area contributed by atoms with Crippen molar-refractivity contribution in [3.8, 4) is 0 Å². The molecule has 0 saturated heterocycles. The summed E-state index contributed by atoms with van der Waals surface area (Å²) in [7, 11) is -26.7. The van der Waals surface area contributed by atoms with Gasteiger partial charge in [0.05, 0.1) is 337 Å². The van der Waals surface area contributed by atoms with Gasteiger partial charge >= 0.3 is 46.9 Å². The molecule has 0 amide bonds. The summed E-state index contributed by atoms with van der Waals surface area (Å²) in [5.74, 6) is -1.72. The maximum Gasteiger partial charge on any atom is 0.472 e. The van der Waals surface area contributed by atoms with Crippen molar-refractivity contribution in [3.63, 3.8) is 0 Å². The van der Waals surface area contributed by atoms with Gasteiger partial charge in [-0.15, -0.1) is 8.96 Å². The summed E-state index contributed by atoms with van der Waals surface area (Å²) in [5, 5.41) is 9.04. The quantitative estimate of drug-likeness (QED) is 0.0222. The van der Waals surface area contributed by atoms with E-state index in [0.717, 1.165) is 0 Å². The molecule has 7 unspecified atom stereocenters. The lowest BCUT2D eigenvalue weighted by molar-refractivity contribution is -0.0181. The number of aliphatic hydroxyl groups is 1. The molecule has 47 nitrogen and oxygen atoms in total. The molecule has 55 heteroatoms. The Labute approximate surface area is 644 Å². The zero-order chi connectivity index (χ0) is 81.7. The molecule has 0 heterocycles. The lowest BCUT2D eigenvalue weighted by Gasteiger charge is -2.18. The fraction of sp³-hybridized carbons (Fsp3) is 1.00. The van der Waals surface area contributed by atoms with Gasteiger partial charge in [-0.25, -0.2) is 27.4 Å². The normalized spacial score (nSPS) is 15.5. The minimum atomic E-state index is -4.83. The molecule has 0 bridgehead atoms. The molecule has 0 rings (SSSR count). The highest BCUT2D eigenvalue weighted by molar-refractivity contribution is 7.48. The van der Waals surface area contributed by atoms with Crippen LogP contribution in [0.3, 0.4) is 0 Å². The van der Waals surface area contributed by atoms with Gasteiger partial charge in [0, 0.05) is 31.5 Å². The average Bonchev–Trinajstić information content (AvgIpc) is 0.880. The number of rotatable bonds is 94. The fourth-order valence-electron chi connectivity index (χ4n) is 6.97. The van der Waals surface area contributed by atoms with Gasteiger partial charge in [-0.2, -0.15) is 11.1 Å². The Morgan fingerprint density at radius 2 is 0.324 bits per heavy atom. The summed E-state index contributed by atoms with van der Waals surface area (Å²) in [6, 6.07) is 0. The molecule has 0 aliphatic carbocycles. The van der Waals surface area contributed by atoms with Crippen molar-refractivity contribution in [2.24, 2.45) is 11.8 Å². The molecule has 0 aliphatic rings. The number of aliphatic hydroxyl groups excluding tert-OH is 1. The van der Waals surface area contributed by atoms with Crippen LogP contribution in [0.2, 0.25) is 0 Å². The van der Waals surface area contributed by atoms with Crippen molar-refractivity contribution in [1.29, 1.82) is 0 Å². The summed E-state index contributed by atoms with van der Waals surface area (Å²) in [5.41, 5.74) is 2.60. The number of phosphoric acid groups is 6. The van der Waals surface area contributed by atoms with E-state index in [1.165, 1.54) is 11.1 Å². The standard InChI is InChI=1S/C56H120F2N2O45P6/c57-59-49-55(51-61)52-104-110(71,72)101-47-39-93-31-23-85-15-7-77-5-13-83-21-29-91-37-45-99-108(67,68)97-43-35-89-27-19-81-11-3-75-1-9-79-17-25-87-33-41-95-107(65,66)96-42-34-88-26-18-80-10-2-76-4-12-82-20-28-90-36-44-98-109(69,70)100-46-38-92-30-22-84-14-6-78-8-16-86-24-32-94-40-48-102-111(73,74)105-54-56(50-60-58)53-103-106(62,63)64/h55-56,59-61H,1-54H2,(H,65,66)(H,67,68)(H,69,70)(H,71,72)(H,73,74)(H2,62,63,64). The van der Waals surface area contributed by atoms with E-state index in [1.807, 2.05) is 0 Å². The highest BCUT2D eigenvalue weighted by Gasteiger charge is 2.27. The third-order valence-corrected chi connectivity index (χ3v) is 17.7. The largest absolute Gasteiger partial charge is 0.472 e. The lowest BCUT2D eigenvalue weighted by Crippen LogP contribution is -2.25. The first-order valence-corrected chi connectivity index (χ1v) is 44.1. The molecule has 0 fully saturated rings. The number of phosphoric ester groups is 6. The predicted octanol–water partition coefficient (Wildman–Crippen LogP) is 0.269. The van der Waals surface area contributed by atoms with E-state index in [1.54, 1.807) is 0 Å². The molecule has 0 aromatic rings. The van der Waals surface area contributed by atoms with Crippen molar-refractivity contribution in [3.05, 3.63) is 0 Å². The van der Waals surface area contributed by atoms with Gasteiger partial charge in [0.1, 0.15) is 0 Å². The van der Waals surface area contributed by atoms with E-state index in [0.29, 0.717) is 79.3 Å². The Morgan fingerprint density at radius 3 is 0.468 bits per heavy atom. The van der Waals surface area contributed by atoms with Gasteiger partial charge in [-0.05, 0) is 0 Å². The minimum Gasteiger partial charge on any atom is -0.396 e. The zero-order valence-electron chi connectivity index (χ0n) is 62.5. The second-order valence-corrected chi connectivity index (χ2v) is 29.7. The first-order valence-electron chi connectivity index (χ1n) is 35.1. The number of halogens is 2. The topological polar surface area (TPSA) is 574 Å². The van der Waals surface area contributed by atoms with E-state index in [4.69, 9.17) is 155 Å². The smallest absolute Gasteiger partial charge is 0.396 e. The predicted molar refractivity (Wildman–Crippen MR) is 375 cm³/mol. The summed E-state index contributed by atoms with van der Waals surface area (Å²) >= 11 is 0. The molecular weight excluding hydrogens is 1640 g/mol. The maximum atomic E-state index is 12.4. The molecule has 0 radical (unpaired) electrons. The SMILES string of the molecule is O=P(O)(O)OCC(CNF)COP(=O)(O)OCCOCCOCCOCCOCCOCCOP(=O)(O)OCCOCCOCCOCCOCCOCCOP(=O)(O)OCCOCCOCCOCCOCCOCCOP(=O)(O)OCCOCCOCCOCCOCCOCCOP(=O)(O)OCC(CO)CNF. The van der Waals surface area contributed by atoms with E-state index in [2.05, 4.69) is 4.52 Å². The highest BCUT2D eigenvalue weighted by Crippen LogP contribution is 2.46. The molecule has 111 heavy (non-hydrogen) atoms. The van der Waals surface area contributed by atoms with Crippen LogP contribution in [-0.2, 0) is 172 Å². The van der Waals surface area contributed by atoms with Gasteiger partial charge in [0.25, 0.3) is 0 Å². The third-order valence-electron chi connectivity index (χ3n) is 12.2. The number of hydrogen-bond donors (Lipinski definition) is 10. The average molecular weight is 1770 g/mol. The number of ether oxygens (including phenoxy) is 20. The zero-order valence-corrected chi connectivity index (χ0v) is 67.8. The van der Waals surface area contributed by atoms with Gasteiger partial charge < -0.3 is 134 Å². The summed E-state index contributed by atoms with van der Waals surface area (Å²) in [6.45, 7) is 3.72. The molecule has 668 valence electrons. The first-order chi connectivity index (χ1) is 53.5. The van der Waals surface area contributed by atoms with Crippen molar-refractivity contribution in [2.45, 2.75) is 0 Å². The summed E-state index contributed by atoms with van der Waals surface area (Å²) in [6.07, 6.45) is 0. The van der Waals surface area contributed by atoms with Crippen LogP contribution in [0.25, 0.3) is 0 Å². The number of hydrogen-bond acceptors (Lipinski definition) is 40. The van der Waals surface area contributed by atoms with Gasteiger partial charge in [0.15, 0.2) is 0 Å². The molecule has 0 saturated carbocycles. The van der Waals surface area contributed by atoms with E-state index < -0.39 is 85.1 Å². The van der Waals surface area contributed by atoms with Crippen LogP contribution in [0.4, 0.5) is 8.96 Å². The van der Waals surface area contributed by atoms with E-state index in [-0.39, 0.29) is 251 Å². The van der Waals surface area contributed by atoms with Crippen LogP contribution in [0.5, 0.6) is 0 Å². The highest BCUT2D eigenvalue weighted by atomic mass is 31.2. The van der Waals surface area contributed by atoms with Crippen LogP contribution >= 0.6 is 46.9 Å². The van der Waals surface area contributed by atoms with Crippen molar-refractivity contribution < 1.29 is 220 Å². The second kappa shape index (κ2) is 78.2. The van der Waals surface area contributed by atoms with E-state index in [9.17, 15) is 60.8 Å². The van der Waals surface area contributed by atoms with Gasteiger partial charge in [0.2, 0.25) is 0 Å². The minimum absolute atomic E-state index is 0.00276. The second-order valence-electron chi connectivity index (χ2n) is 21.2. The van der Waals surface area contributed by atoms with Gasteiger partial charge in [-0.1, -0.05) is 0 Å². The monoisotopic (exact) mass is 1760 g/mol. The van der Waals surface area contributed by atoms with Crippen LogP contribution in [-0.4, -0.2) is 396 Å². The third kappa shape index (κ3) is 85.8. The Kier molecular flexibility index (Phi) is 77.9. The Morgan fingerprint density at radius 1 is 0.198 bits per heavy atom. The Bertz CT molecular complexity index is 2330. The van der Waals surface area contributed by atoms with Crippen molar-refractivity contribution in [2.75, 3.05) is 357 Å². The molecule has 0 aromatic carbocycles. The first kappa shape index (κ1) is 111. The molecule has 0 aliphatic heterocycles. The summed E-state index contributed by atoms with van der Waals surface area (Å²) in [4.78, 5) is 66.3. The van der Waals surface area contributed by atoms with Crippen LogP contribution < -0.4 is 11.1 Å². The molecule has 0 spiro atoms. The molecule has 0 aromatic heterocycles. The van der Waals surface area contributed by atoms with Crippen molar-refractivity contribution in [1.82, 2.24) is 11.1 Å². The van der Waals surface area contributed by atoms with E-state index >= 15 is 0 Å². The fourth-order valence-corrected chi connectivity index (χ4v) is 11.0. The Balaban J connectivity index is 3.44. The lowest BCUT2D eigenvalue weighted by atomic mass is 10.2. The Hall–Kier alpha value is -0.400. The van der Waals surface area contributed by atoms with Crippen LogP contribution in [0.15, 0.2) is 0 Å². The molecular formula is C56H120F2N2O45P6.